The summed E-state index contributed by atoms with van der Waals surface area (Å²) in [4.78, 5) is 18.9. The van der Waals surface area contributed by atoms with Crippen LogP contribution in [-0.4, -0.2) is 75.5 Å². The first-order valence-electron chi connectivity index (χ1n) is 11.4. The van der Waals surface area contributed by atoms with E-state index in [1.165, 1.54) is 16.8 Å². The Morgan fingerprint density at radius 2 is 1.77 bits per heavy atom. The summed E-state index contributed by atoms with van der Waals surface area (Å²) in [6, 6.07) is 6.61. The number of nitrogens with zero attached hydrogens (tertiary/aromatic N) is 4. The summed E-state index contributed by atoms with van der Waals surface area (Å²) in [5.74, 6) is 2.00. The number of hydrogen-bond donors (Lipinski definition) is 0. The van der Waals surface area contributed by atoms with Gasteiger partial charge in [-0.05, 0) is 32.9 Å². The molecule has 0 aliphatic carbocycles. The van der Waals surface area contributed by atoms with Crippen molar-refractivity contribution in [2.24, 2.45) is 0 Å². The summed E-state index contributed by atoms with van der Waals surface area (Å²) in [5, 5.41) is 0.864. The number of piperidine rings is 1. The second-order valence-corrected chi connectivity index (χ2v) is 9.30. The summed E-state index contributed by atoms with van der Waals surface area (Å²) in [7, 11) is 23.3. The average molecular weight is 462 g/mol. The molecule has 8 radical (unpaired) electrons. The third-order valence-electron chi connectivity index (χ3n) is 6.74. The highest BCUT2D eigenvalue weighted by Gasteiger charge is 2.43. The quantitative estimate of drug-likeness (QED) is 0.536. The average Bonchev–Trinajstić information content (AvgIpc) is 2.78. The Morgan fingerprint density at radius 3 is 2.49 bits per heavy atom. The zero-order chi connectivity index (χ0) is 25.1. The smallest absolute Gasteiger partial charge is 0.274 e. The lowest BCUT2D eigenvalue weighted by atomic mass is 9.41. The largest absolute Gasteiger partial charge is 0.501 e. The SMILES string of the molecule is [B]C1([B])Oc2ccc(O[C@H]3CCN(c4nn5c(=O)ccnc5c(C)c4C)[C@H](C)C3)cc2OC1([B])[B]. The number of benzene rings is 1. The third kappa shape index (κ3) is 4.06. The minimum Gasteiger partial charge on any atom is -0.501 e. The first-order valence-corrected chi connectivity index (χ1v) is 11.4. The number of fused-ring (bicyclic) bond motifs is 2. The molecule has 2 aromatic heterocycles. The lowest BCUT2D eigenvalue weighted by molar-refractivity contribution is 0.0608. The number of anilines is 1. The molecule has 0 bridgehead atoms. The Hall–Kier alpha value is -3.03. The molecule has 3 aromatic rings. The van der Waals surface area contributed by atoms with Gasteiger partial charge in [0.1, 0.15) is 43.2 Å². The van der Waals surface area contributed by atoms with Crippen LogP contribution in [0.3, 0.4) is 0 Å². The molecule has 2 aliphatic rings. The fraction of sp³-hybridized carbons (Fsp3) is 0.435. The Bertz CT molecular complexity index is 1360. The molecule has 4 heterocycles. The molecule has 2 atom stereocenters. The molecule has 2 aliphatic heterocycles. The minimum absolute atomic E-state index is 0.0429. The Kier molecular flexibility index (Phi) is 5.60. The van der Waals surface area contributed by atoms with E-state index in [1.54, 1.807) is 18.2 Å². The summed E-state index contributed by atoms with van der Waals surface area (Å²) in [6.45, 7) is 6.79. The van der Waals surface area contributed by atoms with E-state index in [1.807, 2.05) is 13.8 Å². The normalized spacial score (nSPS) is 22.7. The van der Waals surface area contributed by atoms with Crippen molar-refractivity contribution in [3.05, 3.63) is 51.9 Å². The standard InChI is InChI=1S/C23H22B4N4O4/c1-12-10-16(33-15-4-5-17-18(11-15)35-23(26,27)22(24,25)34-17)7-9-30(12)21-14(3)13(2)20-28-8-6-19(32)31(20)29-21/h4-6,8,11-12,16H,7,9-10H2,1-3H3/t12-,16+/m1/s1. The van der Waals surface area contributed by atoms with Crippen LogP contribution in [-0.2, 0) is 0 Å². The monoisotopic (exact) mass is 462 g/mol. The van der Waals surface area contributed by atoms with Gasteiger partial charge in [-0.1, -0.05) is 0 Å². The van der Waals surface area contributed by atoms with Gasteiger partial charge >= 0.3 is 0 Å². The molecule has 0 amide bonds. The van der Waals surface area contributed by atoms with Crippen LogP contribution in [0.15, 0.2) is 35.3 Å². The number of hydrogen-bond acceptors (Lipinski definition) is 7. The molecular weight excluding hydrogens is 440 g/mol. The van der Waals surface area contributed by atoms with E-state index in [0.29, 0.717) is 29.4 Å². The summed E-state index contributed by atoms with van der Waals surface area (Å²) in [5.41, 5.74) is 2.31. The van der Waals surface area contributed by atoms with Crippen molar-refractivity contribution in [2.45, 2.75) is 56.6 Å². The van der Waals surface area contributed by atoms with Gasteiger partial charge in [-0.25, -0.2) is 4.98 Å². The van der Waals surface area contributed by atoms with Crippen LogP contribution >= 0.6 is 0 Å². The predicted octanol–water partition coefficient (Wildman–Crippen LogP) is 0.895. The molecule has 0 spiro atoms. The van der Waals surface area contributed by atoms with Crippen LogP contribution in [0.4, 0.5) is 5.82 Å². The highest BCUT2D eigenvalue weighted by Crippen LogP contribution is 2.41. The fourth-order valence-electron chi connectivity index (χ4n) is 4.52. The van der Waals surface area contributed by atoms with E-state index >= 15 is 0 Å². The molecule has 170 valence electrons. The van der Waals surface area contributed by atoms with E-state index in [9.17, 15) is 4.79 Å². The van der Waals surface area contributed by atoms with Crippen molar-refractivity contribution in [3.8, 4) is 17.2 Å². The number of aromatic nitrogens is 3. The van der Waals surface area contributed by atoms with Crippen molar-refractivity contribution in [1.82, 2.24) is 14.6 Å². The van der Waals surface area contributed by atoms with Crippen molar-refractivity contribution < 1.29 is 14.2 Å². The van der Waals surface area contributed by atoms with Crippen molar-refractivity contribution in [3.63, 3.8) is 0 Å². The third-order valence-corrected chi connectivity index (χ3v) is 6.74. The van der Waals surface area contributed by atoms with Crippen molar-refractivity contribution in [2.75, 3.05) is 11.4 Å². The van der Waals surface area contributed by atoms with Crippen LogP contribution in [0.2, 0.25) is 0 Å². The molecule has 1 aromatic carbocycles. The highest BCUT2D eigenvalue weighted by molar-refractivity contribution is 6.53. The zero-order valence-electron chi connectivity index (χ0n) is 19.9. The molecule has 0 N–H and O–H groups in total. The number of rotatable bonds is 3. The first kappa shape index (κ1) is 23.7. The number of ether oxygens (including phenoxy) is 3. The van der Waals surface area contributed by atoms with Gasteiger partial charge in [-0.3, -0.25) is 4.79 Å². The van der Waals surface area contributed by atoms with Gasteiger partial charge in [0.05, 0.1) is 0 Å². The lowest BCUT2D eigenvalue weighted by Gasteiger charge is -2.48. The van der Waals surface area contributed by atoms with Crippen LogP contribution < -0.4 is 24.7 Å². The van der Waals surface area contributed by atoms with Crippen LogP contribution in [0.5, 0.6) is 17.2 Å². The molecule has 5 rings (SSSR count). The fourth-order valence-corrected chi connectivity index (χ4v) is 4.52. The van der Waals surface area contributed by atoms with Gasteiger partial charge < -0.3 is 19.1 Å². The molecule has 12 heteroatoms. The van der Waals surface area contributed by atoms with Gasteiger partial charge in [-0.2, -0.15) is 4.52 Å². The molecule has 1 fully saturated rings. The maximum Gasteiger partial charge on any atom is 0.274 e. The second-order valence-electron chi connectivity index (χ2n) is 9.30. The molecule has 0 saturated carbocycles. The Morgan fingerprint density at radius 1 is 1.06 bits per heavy atom. The summed E-state index contributed by atoms with van der Waals surface area (Å²) >= 11 is 0. The van der Waals surface area contributed by atoms with Crippen LogP contribution in [0.1, 0.15) is 30.9 Å². The summed E-state index contributed by atoms with van der Waals surface area (Å²) in [6.07, 6.45) is 2.98. The molecule has 1 saturated heterocycles. The Labute approximate surface area is 209 Å². The molecule has 0 unspecified atom stereocenters. The first-order chi connectivity index (χ1) is 16.5. The van der Waals surface area contributed by atoms with Gasteiger partial charge in [0, 0.05) is 65.7 Å². The highest BCUT2D eigenvalue weighted by atomic mass is 16.6. The van der Waals surface area contributed by atoms with Crippen molar-refractivity contribution >= 4 is 42.9 Å². The lowest BCUT2D eigenvalue weighted by Crippen LogP contribution is -2.65. The van der Waals surface area contributed by atoms with E-state index in [2.05, 4.69) is 21.9 Å². The zero-order valence-corrected chi connectivity index (χ0v) is 19.9. The molecule has 35 heavy (non-hydrogen) atoms. The van der Waals surface area contributed by atoms with Gasteiger partial charge in [0.25, 0.3) is 5.56 Å². The molecule has 8 nitrogen and oxygen atoms in total. The van der Waals surface area contributed by atoms with Gasteiger partial charge in [0.2, 0.25) is 0 Å². The van der Waals surface area contributed by atoms with Crippen LogP contribution in [0.25, 0.3) is 5.65 Å². The van der Waals surface area contributed by atoms with E-state index in [-0.39, 0.29) is 17.7 Å². The number of aryl methyl sites for hydroxylation is 1. The van der Waals surface area contributed by atoms with Gasteiger partial charge in [-0.15, -0.1) is 5.10 Å². The second kappa shape index (κ2) is 8.28. The van der Waals surface area contributed by atoms with Gasteiger partial charge in [0.15, 0.2) is 23.0 Å². The summed E-state index contributed by atoms with van der Waals surface area (Å²) < 4.78 is 18.7. The van der Waals surface area contributed by atoms with E-state index in [0.717, 1.165) is 29.8 Å². The van der Waals surface area contributed by atoms with E-state index < -0.39 is 10.8 Å². The minimum atomic E-state index is -1.90. The van der Waals surface area contributed by atoms with Crippen LogP contribution in [0, 0.1) is 13.8 Å². The Balaban J connectivity index is 1.33. The van der Waals surface area contributed by atoms with E-state index in [4.69, 9.17) is 45.6 Å². The molecular formula is C23H22B4N4O4. The maximum absolute atomic E-state index is 12.4. The van der Waals surface area contributed by atoms with Crippen molar-refractivity contribution in [1.29, 1.82) is 0 Å². The topological polar surface area (TPSA) is 78.2 Å². The predicted molar refractivity (Wildman–Crippen MR) is 135 cm³/mol. The maximum atomic E-state index is 12.4.